The van der Waals surface area contributed by atoms with Crippen LogP contribution in [0.1, 0.15) is 5.56 Å². The maximum atomic E-state index is 9.20. The summed E-state index contributed by atoms with van der Waals surface area (Å²) >= 11 is 3.44. The van der Waals surface area contributed by atoms with Crippen LogP contribution in [0.3, 0.4) is 0 Å². The lowest BCUT2D eigenvalue weighted by molar-refractivity contribution is 0.305. The monoisotopic (exact) mass is 318 g/mol. The first kappa shape index (κ1) is 12.1. The van der Waals surface area contributed by atoms with Gasteiger partial charge in [-0.3, -0.25) is 0 Å². The molecule has 0 aliphatic rings. The lowest BCUT2D eigenvalue weighted by atomic mass is 10.2. The van der Waals surface area contributed by atoms with Crippen LogP contribution in [0.5, 0.6) is 11.5 Å². The predicted molar refractivity (Wildman–Crippen MR) is 76.4 cm³/mol. The van der Waals surface area contributed by atoms with Crippen LogP contribution < -0.4 is 4.74 Å². The van der Waals surface area contributed by atoms with Crippen LogP contribution in [0.15, 0.2) is 57.6 Å². The summed E-state index contributed by atoms with van der Waals surface area (Å²) in [6, 6.07) is 12.5. The Morgan fingerprint density at radius 1 is 1.11 bits per heavy atom. The second kappa shape index (κ2) is 4.97. The van der Waals surface area contributed by atoms with Crippen molar-refractivity contribution < 1.29 is 14.3 Å². The molecule has 19 heavy (non-hydrogen) atoms. The van der Waals surface area contributed by atoms with Crippen LogP contribution in [0.4, 0.5) is 0 Å². The van der Waals surface area contributed by atoms with Crippen LogP contribution in [0.25, 0.3) is 11.0 Å². The first-order chi connectivity index (χ1) is 9.22. The largest absolute Gasteiger partial charge is 0.508 e. The van der Waals surface area contributed by atoms with Crippen LogP contribution in [-0.2, 0) is 6.61 Å². The molecule has 0 saturated carbocycles. The van der Waals surface area contributed by atoms with Gasteiger partial charge in [-0.1, -0.05) is 15.9 Å². The third kappa shape index (κ3) is 2.58. The van der Waals surface area contributed by atoms with Gasteiger partial charge in [0.1, 0.15) is 23.7 Å². The summed E-state index contributed by atoms with van der Waals surface area (Å²) in [7, 11) is 0. The minimum Gasteiger partial charge on any atom is -0.508 e. The van der Waals surface area contributed by atoms with Crippen molar-refractivity contribution in [3.05, 3.63) is 58.8 Å². The Balaban J connectivity index is 1.81. The van der Waals surface area contributed by atoms with Crippen molar-refractivity contribution in [2.24, 2.45) is 0 Å². The molecule has 0 fully saturated rings. The van der Waals surface area contributed by atoms with E-state index in [9.17, 15) is 5.11 Å². The number of hydrogen-bond donors (Lipinski definition) is 1. The molecular weight excluding hydrogens is 308 g/mol. The van der Waals surface area contributed by atoms with Crippen LogP contribution in [-0.4, -0.2) is 5.11 Å². The van der Waals surface area contributed by atoms with Gasteiger partial charge in [-0.15, -0.1) is 0 Å². The van der Waals surface area contributed by atoms with Gasteiger partial charge < -0.3 is 14.3 Å². The smallest absolute Gasteiger partial charge is 0.134 e. The highest BCUT2D eigenvalue weighted by Crippen LogP contribution is 2.26. The van der Waals surface area contributed by atoms with Crippen LogP contribution >= 0.6 is 15.9 Å². The van der Waals surface area contributed by atoms with Crippen molar-refractivity contribution in [2.75, 3.05) is 0 Å². The van der Waals surface area contributed by atoms with Gasteiger partial charge in [-0.2, -0.15) is 0 Å². The van der Waals surface area contributed by atoms with E-state index >= 15 is 0 Å². The number of benzene rings is 2. The number of phenols is 1. The number of halogens is 1. The van der Waals surface area contributed by atoms with E-state index < -0.39 is 0 Å². The van der Waals surface area contributed by atoms with Gasteiger partial charge >= 0.3 is 0 Å². The quantitative estimate of drug-likeness (QED) is 0.774. The molecule has 3 aromatic rings. The molecule has 0 atom stereocenters. The third-order valence-electron chi connectivity index (χ3n) is 2.85. The molecule has 3 rings (SSSR count). The van der Waals surface area contributed by atoms with Gasteiger partial charge in [0.05, 0.1) is 6.26 Å². The highest BCUT2D eigenvalue weighted by Gasteiger charge is 2.07. The SMILES string of the molecule is Oc1ccc(OCc2coc3ccc(Br)cc23)cc1. The van der Waals surface area contributed by atoms with E-state index in [1.165, 1.54) is 0 Å². The molecule has 3 nitrogen and oxygen atoms in total. The standard InChI is InChI=1S/C15H11BrO3/c16-11-1-6-15-14(7-11)10(9-19-15)8-18-13-4-2-12(17)3-5-13/h1-7,9,17H,8H2. The van der Waals surface area contributed by atoms with Crippen molar-refractivity contribution in [1.82, 2.24) is 0 Å². The zero-order valence-electron chi connectivity index (χ0n) is 9.97. The van der Waals surface area contributed by atoms with Crippen LogP contribution in [0, 0.1) is 0 Å². The fourth-order valence-electron chi connectivity index (χ4n) is 1.87. The number of phenolic OH excluding ortho intramolecular Hbond substituents is 1. The number of aromatic hydroxyl groups is 1. The van der Waals surface area contributed by atoms with Gasteiger partial charge in [0.25, 0.3) is 0 Å². The summed E-state index contributed by atoms with van der Waals surface area (Å²) in [5.41, 5.74) is 1.83. The summed E-state index contributed by atoms with van der Waals surface area (Å²) in [4.78, 5) is 0. The normalized spacial score (nSPS) is 10.8. The molecule has 1 aromatic heterocycles. The average molecular weight is 319 g/mol. The van der Waals surface area contributed by atoms with Gasteiger partial charge in [0, 0.05) is 15.4 Å². The number of furan rings is 1. The Morgan fingerprint density at radius 2 is 1.89 bits per heavy atom. The molecule has 4 heteroatoms. The molecular formula is C15H11BrO3. The molecule has 1 N–H and O–H groups in total. The Hall–Kier alpha value is -1.94. The maximum Gasteiger partial charge on any atom is 0.134 e. The predicted octanol–water partition coefficient (Wildman–Crippen LogP) is 4.48. The summed E-state index contributed by atoms with van der Waals surface area (Å²) in [6.45, 7) is 0.425. The molecule has 96 valence electrons. The van der Waals surface area contributed by atoms with Crippen molar-refractivity contribution in [3.8, 4) is 11.5 Å². The van der Waals surface area contributed by atoms with E-state index in [4.69, 9.17) is 9.15 Å². The zero-order valence-corrected chi connectivity index (χ0v) is 11.6. The molecule has 1 heterocycles. The Kier molecular flexibility index (Phi) is 3.17. The highest BCUT2D eigenvalue weighted by molar-refractivity contribution is 9.10. The molecule has 0 radical (unpaired) electrons. The van der Waals surface area contributed by atoms with E-state index in [0.29, 0.717) is 12.4 Å². The van der Waals surface area contributed by atoms with E-state index in [0.717, 1.165) is 21.0 Å². The van der Waals surface area contributed by atoms with E-state index in [-0.39, 0.29) is 5.75 Å². The highest BCUT2D eigenvalue weighted by atomic mass is 79.9. The lowest BCUT2D eigenvalue weighted by Crippen LogP contribution is -1.93. The van der Waals surface area contributed by atoms with Gasteiger partial charge in [-0.05, 0) is 42.5 Å². The molecule has 2 aromatic carbocycles. The van der Waals surface area contributed by atoms with Gasteiger partial charge in [0.2, 0.25) is 0 Å². The molecule has 0 aliphatic heterocycles. The molecule has 0 amide bonds. The molecule has 0 bridgehead atoms. The van der Waals surface area contributed by atoms with E-state index in [1.54, 1.807) is 30.5 Å². The third-order valence-corrected chi connectivity index (χ3v) is 3.34. The molecule has 0 aliphatic carbocycles. The first-order valence-electron chi connectivity index (χ1n) is 5.80. The van der Waals surface area contributed by atoms with Crippen LogP contribution in [0.2, 0.25) is 0 Å². The second-order valence-electron chi connectivity index (χ2n) is 4.18. The maximum absolute atomic E-state index is 9.20. The fourth-order valence-corrected chi connectivity index (χ4v) is 2.23. The Bertz CT molecular complexity index is 701. The van der Waals surface area contributed by atoms with Crippen molar-refractivity contribution in [2.45, 2.75) is 6.61 Å². The Labute approximate surface area is 118 Å². The number of ether oxygens (including phenoxy) is 1. The number of hydrogen-bond acceptors (Lipinski definition) is 3. The minimum absolute atomic E-state index is 0.227. The summed E-state index contributed by atoms with van der Waals surface area (Å²) in [5, 5.41) is 10.2. The molecule has 0 saturated heterocycles. The Morgan fingerprint density at radius 3 is 2.68 bits per heavy atom. The van der Waals surface area contributed by atoms with Crippen molar-refractivity contribution in [1.29, 1.82) is 0 Å². The van der Waals surface area contributed by atoms with Crippen molar-refractivity contribution >= 4 is 26.9 Å². The first-order valence-corrected chi connectivity index (χ1v) is 6.59. The van der Waals surface area contributed by atoms with Gasteiger partial charge in [0.15, 0.2) is 0 Å². The average Bonchev–Trinajstić information content (AvgIpc) is 2.80. The fraction of sp³-hybridized carbons (Fsp3) is 0.0667. The summed E-state index contributed by atoms with van der Waals surface area (Å²) < 4.78 is 12.1. The van der Waals surface area contributed by atoms with Gasteiger partial charge in [-0.25, -0.2) is 0 Å². The van der Waals surface area contributed by atoms with Crippen molar-refractivity contribution in [3.63, 3.8) is 0 Å². The number of fused-ring (bicyclic) bond motifs is 1. The topological polar surface area (TPSA) is 42.6 Å². The van der Waals surface area contributed by atoms with E-state index in [1.807, 2.05) is 18.2 Å². The zero-order chi connectivity index (χ0) is 13.2. The molecule has 0 unspecified atom stereocenters. The lowest BCUT2D eigenvalue weighted by Gasteiger charge is -2.04. The van der Waals surface area contributed by atoms with E-state index in [2.05, 4.69) is 15.9 Å². The minimum atomic E-state index is 0.227. The molecule has 0 spiro atoms. The summed E-state index contributed by atoms with van der Waals surface area (Å²) in [5.74, 6) is 0.937. The second-order valence-corrected chi connectivity index (χ2v) is 5.10. The summed E-state index contributed by atoms with van der Waals surface area (Å²) in [6.07, 6.45) is 1.71. The number of rotatable bonds is 3.